The molecule has 3 heteroatoms. The summed E-state index contributed by atoms with van der Waals surface area (Å²) >= 11 is 0. The molecule has 2 saturated heterocycles. The molecule has 0 saturated carbocycles. The molecule has 2 heterocycles. The first kappa shape index (κ1) is 9.97. The second-order valence-electron chi connectivity index (χ2n) is 5.10. The van der Waals surface area contributed by atoms with Crippen LogP contribution in [-0.4, -0.2) is 28.9 Å². The van der Waals surface area contributed by atoms with Gasteiger partial charge in [-0.05, 0) is 25.2 Å². The van der Waals surface area contributed by atoms with Crippen molar-refractivity contribution in [3.63, 3.8) is 0 Å². The van der Waals surface area contributed by atoms with Crippen molar-refractivity contribution in [2.45, 2.75) is 57.7 Å². The molecule has 2 N–H and O–H groups in total. The number of hydrogen-bond acceptors (Lipinski definition) is 2. The molecular weight excluding hydrogens is 176 g/mol. The van der Waals surface area contributed by atoms with Gasteiger partial charge in [0.1, 0.15) is 0 Å². The van der Waals surface area contributed by atoms with Gasteiger partial charge >= 0.3 is 0 Å². The fraction of sp³-hybridized carbons (Fsp3) is 0.909. The Kier molecular flexibility index (Phi) is 2.52. The Morgan fingerprint density at radius 2 is 2.21 bits per heavy atom. The minimum absolute atomic E-state index is 0.241. The smallest absolute Gasteiger partial charge is 0.223 e. The van der Waals surface area contributed by atoms with Crippen LogP contribution in [0.4, 0.5) is 0 Å². The normalized spacial score (nSPS) is 35.7. The van der Waals surface area contributed by atoms with Crippen LogP contribution in [0.15, 0.2) is 0 Å². The van der Waals surface area contributed by atoms with Gasteiger partial charge in [0, 0.05) is 24.5 Å². The summed E-state index contributed by atoms with van der Waals surface area (Å²) in [5.41, 5.74) is 5.99. The highest BCUT2D eigenvalue weighted by atomic mass is 16.2. The van der Waals surface area contributed by atoms with Gasteiger partial charge in [0.2, 0.25) is 5.91 Å². The minimum atomic E-state index is 0.241. The van der Waals surface area contributed by atoms with E-state index in [-0.39, 0.29) is 6.04 Å². The number of carbonyl (C=O) groups excluding carboxylic acids is 1. The molecule has 2 fully saturated rings. The number of hydrogen-bond donors (Lipinski definition) is 1. The van der Waals surface area contributed by atoms with E-state index in [2.05, 4.69) is 18.7 Å². The van der Waals surface area contributed by atoms with Crippen molar-refractivity contribution in [1.29, 1.82) is 0 Å². The lowest BCUT2D eigenvalue weighted by Gasteiger charge is -2.23. The second-order valence-corrected chi connectivity index (χ2v) is 5.10. The van der Waals surface area contributed by atoms with Crippen LogP contribution in [0, 0.1) is 5.92 Å². The third-order valence-corrected chi connectivity index (χ3v) is 3.46. The van der Waals surface area contributed by atoms with E-state index in [0.29, 0.717) is 30.3 Å². The molecule has 3 atom stereocenters. The maximum Gasteiger partial charge on any atom is 0.223 e. The zero-order valence-corrected chi connectivity index (χ0v) is 9.07. The van der Waals surface area contributed by atoms with E-state index < -0.39 is 0 Å². The van der Waals surface area contributed by atoms with E-state index in [4.69, 9.17) is 5.73 Å². The Bertz CT molecular complexity index is 239. The first-order chi connectivity index (χ1) is 6.59. The first-order valence-electron chi connectivity index (χ1n) is 5.66. The van der Waals surface area contributed by atoms with E-state index in [1.165, 1.54) is 6.42 Å². The summed E-state index contributed by atoms with van der Waals surface area (Å²) in [4.78, 5) is 14.0. The van der Waals surface area contributed by atoms with E-state index in [1.807, 2.05) is 0 Å². The van der Waals surface area contributed by atoms with Gasteiger partial charge in [0.05, 0.1) is 0 Å². The van der Waals surface area contributed by atoms with Crippen LogP contribution in [0.3, 0.4) is 0 Å². The number of amides is 1. The molecule has 1 amide bonds. The molecule has 2 aliphatic rings. The Morgan fingerprint density at radius 1 is 1.50 bits per heavy atom. The SMILES string of the molecule is CC(C)CC(=O)N1C2CCC1C(N)C2. The number of fused-ring (bicyclic) bond motifs is 2. The van der Waals surface area contributed by atoms with E-state index >= 15 is 0 Å². The topological polar surface area (TPSA) is 46.3 Å². The maximum absolute atomic E-state index is 11.9. The summed E-state index contributed by atoms with van der Waals surface area (Å²) in [6.07, 6.45) is 3.99. The van der Waals surface area contributed by atoms with Crippen LogP contribution < -0.4 is 5.73 Å². The Hall–Kier alpha value is -0.570. The minimum Gasteiger partial charge on any atom is -0.335 e. The van der Waals surface area contributed by atoms with Crippen molar-refractivity contribution in [3.05, 3.63) is 0 Å². The molecular formula is C11H20N2O. The van der Waals surface area contributed by atoms with Gasteiger partial charge in [0.15, 0.2) is 0 Å². The largest absolute Gasteiger partial charge is 0.335 e. The van der Waals surface area contributed by atoms with Crippen molar-refractivity contribution < 1.29 is 4.79 Å². The zero-order chi connectivity index (χ0) is 10.3. The molecule has 3 unspecified atom stereocenters. The van der Waals surface area contributed by atoms with Crippen molar-refractivity contribution in [2.24, 2.45) is 11.7 Å². The molecule has 0 spiro atoms. The molecule has 80 valence electrons. The van der Waals surface area contributed by atoms with Gasteiger partial charge in [0.25, 0.3) is 0 Å². The lowest BCUT2D eigenvalue weighted by Crippen LogP contribution is -2.40. The molecule has 2 rings (SSSR count). The number of nitrogens with zero attached hydrogens (tertiary/aromatic N) is 1. The number of carbonyl (C=O) groups is 1. The van der Waals surface area contributed by atoms with Crippen molar-refractivity contribution in [2.75, 3.05) is 0 Å². The predicted molar refractivity (Wildman–Crippen MR) is 55.7 cm³/mol. The van der Waals surface area contributed by atoms with Crippen molar-refractivity contribution in [1.82, 2.24) is 4.90 Å². The highest BCUT2D eigenvalue weighted by Crippen LogP contribution is 2.37. The number of rotatable bonds is 2. The Morgan fingerprint density at radius 3 is 2.64 bits per heavy atom. The molecule has 2 bridgehead atoms. The predicted octanol–water partition coefficient (Wildman–Crippen LogP) is 1.12. The highest BCUT2D eigenvalue weighted by molar-refractivity contribution is 5.78. The summed E-state index contributed by atoms with van der Waals surface area (Å²) in [5.74, 6) is 0.777. The lowest BCUT2D eigenvalue weighted by atomic mass is 9.97. The number of nitrogens with two attached hydrogens (primary N) is 1. The highest BCUT2D eigenvalue weighted by Gasteiger charge is 2.46. The molecule has 2 aliphatic heterocycles. The monoisotopic (exact) mass is 196 g/mol. The average Bonchev–Trinajstić information content (AvgIpc) is 2.58. The summed E-state index contributed by atoms with van der Waals surface area (Å²) < 4.78 is 0. The van der Waals surface area contributed by atoms with Crippen LogP contribution >= 0.6 is 0 Å². The summed E-state index contributed by atoms with van der Waals surface area (Å²) in [6.45, 7) is 4.19. The van der Waals surface area contributed by atoms with Crippen molar-refractivity contribution in [3.8, 4) is 0 Å². The van der Waals surface area contributed by atoms with Gasteiger partial charge in [-0.15, -0.1) is 0 Å². The fourth-order valence-corrected chi connectivity index (χ4v) is 2.88. The van der Waals surface area contributed by atoms with E-state index in [1.54, 1.807) is 0 Å². The first-order valence-corrected chi connectivity index (χ1v) is 5.66. The molecule has 0 aromatic rings. The third-order valence-electron chi connectivity index (χ3n) is 3.46. The van der Waals surface area contributed by atoms with Gasteiger partial charge in [-0.25, -0.2) is 0 Å². The van der Waals surface area contributed by atoms with E-state index in [9.17, 15) is 4.79 Å². The molecule has 0 aromatic carbocycles. The van der Waals surface area contributed by atoms with Crippen LogP contribution in [0.2, 0.25) is 0 Å². The van der Waals surface area contributed by atoms with Gasteiger partial charge in [-0.2, -0.15) is 0 Å². The van der Waals surface area contributed by atoms with Crippen LogP contribution in [0.1, 0.15) is 39.5 Å². The Labute approximate surface area is 85.6 Å². The van der Waals surface area contributed by atoms with Crippen LogP contribution in [0.25, 0.3) is 0 Å². The summed E-state index contributed by atoms with van der Waals surface area (Å²) in [6, 6.07) is 1.05. The van der Waals surface area contributed by atoms with Gasteiger partial charge in [-0.1, -0.05) is 13.8 Å². The van der Waals surface area contributed by atoms with Gasteiger partial charge < -0.3 is 10.6 Å². The third kappa shape index (κ3) is 1.54. The second kappa shape index (κ2) is 3.54. The lowest BCUT2D eigenvalue weighted by molar-refractivity contribution is -0.133. The zero-order valence-electron chi connectivity index (χ0n) is 9.07. The molecule has 0 radical (unpaired) electrons. The fourth-order valence-electron chi connectivity index (χ4n) is 2.88. The molecule has 0 aliphatic carbocycles. The molecule has 3 nitrogen and oxygen atoms in total. The molecule has 14 heavy (non-hydrogen) atoms. The summed E-state index contributed by atoms with van der Waals surface area (Å²) in [5, 5.41) is 0. The molecule has 0 aromatic heterocycles. The maximum atomic E-state index is 11.9. The standard InChI is InChI=1S/C11H20N2O/c1-7(2)5-11(14)13-8-3-4-10(13)9(12)6-8/h7-10H,3-6,12H2,1-2H3. The Balaban J connectivity index is 2.02. The van der Waals surface area contributed by atoms with Crippen molar-refractivity contribution >= 4 is 5.91 Å². The van der Waals surface area contributed by atoms with Crippen LogP contribution in [0.5, 0.6) is 0 Å². The average molecular weight is 196 g/mol. The van der Waals surface area contributed by atoms with Crippen LogP contribution in [-0.2, 0) is 4.79 Å². The van der Waals surface area contributed by atoms with E-state index in [0.717, 1.165) is 12.8 Å². The quantitative estimate of drug-likeness (QED) is 0.719. The summed E-state index contributed by atoms with van der Waals surface area (Å²) in [7, 11) is 0. The van der Waals surface area contributed by atoms with Gasteiger partial charge in [-0.3, -0.25) is 4.79 Å².